The third kappa shape index (κ3) is 6.02. The molecule has 48 heavy (non-hydrogen) atoms. The zero-order chi connectivity index (χ0) is 32.9. The standard InChI is InChI=1S/C36H18N12/c37-13-22-7-8-43-33(9-22)25-12-28(21-42-18-25)36-47-34(26-10-23(16-40-19-26)31-5-1-3-29(14-38)44-31)46-35(48-36)27-11-24(17-41-20-27)32-6-2-4-30(15-39)45-32/h1-12,16-21H. The summed E-state index contributed by atoms with van der Waals surface area (Å²) >= 11 is 0. The van der Waals surface area contributed by atoms with Gasteiger partial charge in [-0.2, -0.15) is 15.8 Å². The van der Waals surface area contributed by atoms with Crippen molar-refractivity contribution in [2.75, 3.05) is 0 Å². The second-order valence-corrected chi connectivity index (χ2v) is 10.3. The summed E-state index contributed by atoms with van der Waals surface area (Å²) < 4.78 is 0. The molecular formula is C36H18N12. The van der Waals surface area contributed by atoms with Gasteiger partial charge < -0.3 is 0 Å². The van der Waals surface area contributed by atoms with Gasteiger partial charge in [-0.05, 0) is 54.6 Å². The summed E-state index contributed by atoms with van der Waals surface area (Å²) in [4.78, 5) is 41.0. The lowest BCUT2D eigenvalue weighted by molar-refractivity contribution is 1.06. The molecule has 7 aromatic rings. The van der Waals surface area contributed by atoms with E-state index in [1.165, 1.54) is 0 Å². The van der Waals surface area contributed by atoms with E-state index < -0.39 is 0 Å². The molecule has 0 aliphatic rings. The van der Waals surface area contributed by atoms with Crippen molar-refractivity contribution in [3.8, 4) is 86.1 Å². The van der Waals surface area contributed by atoms with Crippen molar-refractivity contribution in [3.63, 3.8) is 0 Å². The predicted octanol–water partition coefficient (Wildman–Crippen LogP) is 5.86. The summed E-state index contributed by atoms with van der Waals surface area (Å²) in [5, 5.41) is 28.1. The van der Waals surface area contributed by atoms with E-state index in [0.29, 0.717) is 73.5 Å². The fourth-order valence-corrected chi connectivity index (χ4v) is 4.84. The summed E-state index contributed by atoms with van der Waals surface area (Å²) in [7, 11) is 0. The summed E-state index contributed by atoms with van der Waals surface area (Å²) in [5.41, 5.74) is 6.54. The van der Waals surface area contributed by atoms with Crippen LogP contribution in [-0.4, -0.2) is 44.9 Å². The maximum atomic E-state index is 9.39. The van der Waals surface area contributed by atoms with Gasteiger partial charge >= 0.3 is 0 Å². The molecular weight excluding hydrogens is 600 g/mol. The number of pyridine rings is 6. The smallest absolute Gasteiger partial charge is 0.165 e. The second-order valence-electron chi connectivity index (χ2n) is 10.3. The maximum Gasteiger partial charge on any atom is 0.165 e. The van der Waals surface area contributed by atoms with Crippen LogP contribution in [0.3, 0.4) is 0 Å². The summed E-state index contributed by atoms with van der Waals surface area (Å²) in [6, 6.07) is 25.5. The maximum absolute atomic E-state index is 9.39. The molecule has 12 heteroatoms. The van der Waals surface area contributed by atoms with Crippen molar-refractivity contribution in [3.05, 3.63) is 127 Å². The lowest BCUT2D eigenvalue weighted by Crippen LogP contribution is -2.02. The number of hydrogen-bond donors (Lipinski definition) is 0. The Morgan fingerprint density at radius 1 is 0.417 bits per heavy atom. The Kier molecular flexibility index (Phi) is 7.75. The molecule has 0 radical (unpaired) electrons. The van der Waals surface area contributed by atoms with Crippen LogP contribution < -0.4 is 0 Å². The molecule has 0 spiro atoms. The quantitative estimate of drug-likeness (QED) is 0.216. The average Bonchev–Trinajstić information content (AvgIpc) is 3.18. The van der Waals surface area contributed by atoms with Crippen LogP contribution in [-0.2, 0) is 0 Å². The molecule has 0 fully saturated rings. The van der Waals surface area contributed by atoms with Gasteiger partial charge in [0.05, 0.1) is 28.7 Å². The van der Waals surface area contributed by atoms with Crippen molar-refractivity contribution in [2.45, 2.75) is 0 Å². The molecule has 0 bridgehead atoms. The minimum atomic E-state index is 0.284. The first-order valence-electron chi connectivity index (χ1n) is 14.3. The van der Waals surface area contributed by atoms with E-state index in [0.717, 1.165) is 0 Å². The van der Waals surface area contributed by atoms with E-state index in [-0.39, 0.29) is 11.4 Å². The van der Waals surface area contributed by atoms with Crippen LogP contribution in [0, 0.1) is 34.0 Å². The molecule has 0 N–H and O–H groups in total. The number of rotatable bonds is 6. The predicted molar refractivity (Wildman–Crippen MR) is 173 cm³/mol. The molecule has 0 aromatic carbocycles. The number of aromatic nitrogens is 9. The lowest BCUT2D eigenvalue weighted by atomic mass is 10.1. The Labute approximate surface area is 273 Å². The fourth-order valence-electron chi connectivity index (χ4n) is 4.84. The molecule has 12 nitrogen and oxygen atoms in total. The molecule has 222 valence electrons. The third-order valence-electron chi connectivity index (χ3n) is 7.13. The summed E-state index contributed by atoms with van der Waals surface area (Å²) in [5.74, 6) is 0.974. The van der Waals surface area contributed by atoms with Gasteiger partial charge in [-0.15, -0.1) is 0 Å². The van der Waals surface area contributed by atoms with Crippen LogP contribution in [0.2, 0.25) is 0 Å². The van der Waals surface area contributed by atoms with Crippen LogP contribution >= 0.6 is 0 Å². The molecule has 0 saturated heterocycles. The number of hydrogen-bond acceptors (Lipinski definition) is 12. The van der Waals surface area contributed by atoms with E-state index in [4.69, 9.17) is 15.0 Å². The zero-order valence-corrected chi connectivity index (χ0v) is 24.8. The van der Waals surface area contributed by atoms with Gasteiger partial charge in [0.25, 0.3) is 0 Å². The first-order valence-corrected chi connectivity index (χ1v) is 14.3. The molecule has 0 unspecified atom stereocenters. The van der Waals surface area contributed by atoms with Crippen molar-refractivity contribution in [2.24, 2.45) is 0 Å². The van der Waals surface area contributed by atoms with Crippen LogP contribution in [0.1, 0.15) is 17.0 Å². The van der Waals surface area contributed by atoms with E-state index in [1.54, 1.807) is 91.9 Å². The van der Waals surface area contributed by atoms with E-state index in [9.17, 15) is 15.8 Å². The highest BCUT2D eigenvalue weighted by Crippen LogP contribution is 2.29. The molecule has 7 rings (SSSR count). The van der Waals surface area contributed by atoms with E-state index in [2.05, 4.69) is 48.1 Å². The monoisotopic (exact) mass is 618 g/mol. The van der Waals surface area contributed by atoms with Crippen molar-refractivity contribution in [1.29, 1.82) is 15.8 Å². The number of nitriles is 3. The highest BCUT2D eigenvalue weighted by atomic mass is 15.0. The average molecular weight is 619 g/mol. The molecule has 0 aliphatic heterocycles. The molecule has 7 heterocycles. The minimum Gasteiger partial charge on any atom is -0.263 e. The molecule has 7 aromatic heterocycles. The molecule has 0 saturated carbocycles. The Morgan fingerprint density at radius 3 is 1.29 bits per heavy atom. The SMILES string of the molecule is N#Cc1ccnc(-c2cncc(-c3nc(-c4cncc(-c5cccc(C#N)n5)c4)nc(-c4cncc(-c5cccc(C#N)n5)c4)n3)c2)c1. The Balaban J connectivity index is 1.38. The van der Waals surface area contributed by atoms with Crippen LogP contribution in [0.25, 0.3) is 67.9 Å². The third-order valence-corrected chi connectivity index (χ3v) is 7.13. The Hall–Kier alpha value is -7.62. The largest absolute Gasteiger partial charge is 0.263 e. The molecule has 0 atom stereocenters. The number of nitrogens with zero attached hydrogens (tertiary/aromatic N) is 12. The van der Waals surface area contributed by atoms with Gasteiger partial charge in [-0.1, -0.05) is 12.1 Å². The van der Waals surface area contributed by atoms with Crippen LogP contribution in [0.15, 0.2) is 110 Å². The van der Waals surface area contributed by atoms with Crippen LogP contribution in [0.5, 0.6) is 0 Å². The van der Waals surface area contributed by atoms with Gasteiger partial charge in [0.15, 0.2) is 17.5 Å². The normalized spacial score (nSPS) is 10.4. The lowest BCUT2D eigenvalue weighted by Gasteiger charge is -2.10. The van der Waals surface area contributed by atoms with Crippen molar-refractivity contribution >= 4 is 0 Å². The highest BCUT2D eigenvalue weighted by Gasteiger charge is 2.16. The van der Waals surface area contributed by atoms with Gasteiger partial charge in [0, 0.05) is 76.8 Å². The summed E-state index contributed by atoms with van der Waals surface area (Å²) in [6.45, 7) is 0. The fraction of sp³-hybridized carbons (Fsp3) is 0. The van der Waals surface area contributed by atoms with Crippen molar-refractivity contribution in [1.82, 2.24) is 44.9 Å². The van der Waals surface area contributed by atoms with E-state index >= 15 is 0 Å². The Bertz CT molecular complexity index is 2190. The summed E-state index contributed by atoms with van der Waals surface area (Å²) in [6.07, 6.45) is 11.4. The molecule has 0 aliphatic carbocycles. The van der Waals surface area contributed by atoms with Gasteiger partial charge in [0.1, 0.15) is 23.5 Å². The van der Waals surface area contributed by atoms with E-state index in [1.807, 2.05) is 18.2 Å². The zero-order valence-electron chi connectivity index (χ0n) is 24.8. The van der Waals surface area contributed by atoms with Crippen LogP contribution in [0.4, 0.5) is 0 Å². The van der Waals surface area contributed by atoms with Gasteiger partial charge in [0.2, 0.25) is 0 Å². The van der Waals surface area contributed by atoms with Gasteiger partial charge in [-0.25, -0.2) is 24.9 Å². The first-order chi connectivity index (χ1) is 23.6. The van der Waals surface area contributed by atoms with Crippen molar-refractivity contribution < 1.29 is 0 Å². The minimum absolute atomic E-state index is 0.284. The Morgan fingerprint density at radius 2 is 0.854 bits per heavy atom. The van der Waals surface area contributed by atoms with Gasteiger partial charge in [-0.3, -0.25) is 19.9 Å². The highest BCUT2D eigenvalue weighted by molar-refractivity contribution is 5.73. The first kappa shape index (κ1) is 29.1. The topological polar surface area (TPSA) is 187 Å². The second kappa shape index (κ2) is 12.8. The molecule has 0 amide bonds.